The fourth-order valence-electron chi connectivity index (χ4n) is 5.36. The number of Topliss-reactive ketones (excluding diaryl/α,β-unsaturated/α-hetero) is 1. The number of carbonyl (C=O) groups excluding carboxylic acids is 4. The van der Waals surface area contributed by atoms with Crippen LogP contribution in [0, 0.1) is 0 Å². The molecule has 0 bridgehead atoms. The van der Waals surface area contributed by atoms with Crippen molar-refractivity contribution in [3.05, 3.63) is 174 Å². The van der Waals surface area contributed by atoms with Crippen molar-refractivity contribution in [2.24, 2.45) is 0 Å². The van der Waals surface area contributed by atoms with E-state index in [1.807, 2.05) is 66.7 Å². The number of para-hydroxylation sites is 1. The molecule has 6 aromatic rings. The van der Waals surface area contributed by atoms with Crippen LogP contribution in [0.25, 0.3) is 17.4 Å². The van der Waals surface area contributed by atoms with E-state index in [2.05, 4.69) is 16.0 Å². The highest BCUT2D eigenvalue weighted by Crippen LogP contribution is 2.37. The molecule has 9 nitrogen and oxygen atoms in total. The second-order valence-corrected chi connectivity index (χ2v) is 13.0. The van der Waals surface area contributed by atoms with Crippen molar-refractivity contribution in [1.82, 2.24) is 5.32 Å². The van der Waals surface area contributed by atoms with E-state index in [1.165, 1.54) is 24.8 Å². The minimum atomic E-state index is -0.596. The Labute approximate surface area is 311 Å². The van der Waals surface area contributed by atoms with Gasteiger partial charge in [-0.05, 0) is 97.4 Å². The third kappa shape index (κ3) is 9.37. The van der Waals surface area contributed by atoms with E-state index in [-0.39, 0.29) is 17.4 Å². The lowest BCUT2D eigenvalue weighted by molar-refractivity contribution is -0.116. The standard InChI is InChI=1S/C43H35N3O6S/c1-28(47)29-17-19-32(20-18-29)45-43(50)40(30-11-5-3-6-12-30)53-35-24-21-33(22-25-35)44-42(49)37(46-41(48)31-13-7-4-8-14-31)27-34-23-26-39(52-34)36-15-9-10-16-38(36)51-2/h3-27,40H,1-2H3,(H,44,49)(H,45,50)(H,46,48)/b37-27-/t40-/m1/s1. The van der Waals surface area contributed by atoms with Crippen LogP contribution in [-0.4, -0.2) is 30.6 Å². The highest BCUT2D eigenvalue weighted by Gasteiger charge is 2.23. The van der Waals surface area contributed by atoms with Gasteiger partial charge in [-0.1, -0.05) is 60.7 Å². The van der Waals surface area contributed by atoms with Crippen LogP contribution in [0.4, 0.5) is 11.4 Å². The number of hydrogen-bond acceptors (Lipinski definition) is 7. The predicted octanol–water partition coefficient (Wildman–Crippen LogP) is 9.04. The van der Waals surface area contributed by atoms with Crippen molar-refractivity contribution in [3.8, 4) is 17.1 Å². The first-order valence-corrected chi connectivity index (χ1v) is 17.5. The number of nitrogens with one attached hydrogen (secondary N) is 3. The average Bonchev–Trinajstić information content (AvgIpc) is 3.66. The van der Waals surface area contributed by atoms with Gasteiger partial charge < -0.3 is 25.1 Å². The van der Waals surface area contributed by atoms with Crippen LogP contribution in [0.5, 0.6) is 5.75 Å². The fraction of sp³-hybridized carbons (Fsp3) is 0.0698. The van der Waals surface area contributed by atoms with Gasteiger partial charge in [0, 0.05) is 33.5 Å². The van der Waals surface area contributed by atoms with Crippen LogP contribution >= 0.6 is 11.8 Å². The topological polar surface area (TPSA) is 127 Å². The molecule has 3 amide bonds. The highest BCUT2D eigenvalue weighted by molar-refractivity contribution is 8.00. The van der Waals surface area contributed by atoms with Crippen molar-refractivity contribution < 1.29 is 28.3 Å². The van der Waals surface area contributed by atoms with E-state index in [1.54, 1.807) is 86.0 Å². The molecule has 0 aliphatic heterocycles. The van der Waals surface area contributed by atoms with Crippen LogP contribution in [0.3, 0.4) is 0 Å². The number of amides is 3. The van der Waals surface area contributed by atoms with E-state index in [0.29, 0.717) is 39.8 Å². The molecule has 3 N–H and O–H groups in total. The van der Waals surface area contributed by atoms with Gasteiger partial charge in [-0.2, -0.15) is 0 Å². The van der Waals surface area contributed by atoms with Crippen molar-refractivity contribution in [2.45, 2.75) is 17.1 Å². The number of methoxy groups -OCH3 is 1. The fourth-order valence-corrected chi connectivity index (χ4v) is 6.38. The number of furan rings is 1. The number of rotatable bonds is 13. The summed E-state index contributed by atoms with van der Waals surface area (Å²) in [6.07, 6.45) is 1.47. The van der Waals surface area contributed by atoms with E-state index in [4.69, 9.17) is 9.15 Å². The smallest absolute Gasteiger partial charge is 0.272 e. The van der Waals surface area contributed by atoms with Crippen LogP contribution in [-0.2, 0) is 9.59 Å². The SMILES string of the molecule is COc1ccccc1-c1ccc(/C=C(\NC(=O)c2ccccc2)C(=O)Nc2ccc(S[C@@H](C(=O)Nc3ccc(C(C)=O)cc3)c3ccccc3)cc2)o1. The molecular weight excluding hydrogens is 687 g/mol. The van der Waals surface area contributed by atoms with Crippen molar-refractivity contribution in [1.29, 1.82) is 0 Å². The molecule has 0 saturated carbocycles. The summed E-state index contributed by atoms with van der Waals surface area (Å²) in [5, 5.41) is 7.95. The second kappa shape index (κ2) is 17.0. The molecule has 0 saturated heterocycles. The number of carbonyl (C=O) groups is 4. The van der Waals surface area contributed by atoms with Crippen molar-refractivity contribution >= 4 is 52.7 Å². The van der Waals surface area contributed by atoms with E-state index < -0.39 is 17.1 Å². The van der Waals surface area contributed by atoms with Gasteiger partial charge in [0.15, 0.2) is 5.78 Å². The summed E-state index contributed by atoms with van der Waals surface area (Å²) in [7, 11) is 1.58. The van der Waals surface area contributed by atoms with Crippen molar-refractivity contribution in [3.63, 3.8) is 0 Å². The lowest BCUT2D eigenvalue weighted by atomic mass is 10.1. The zero-order valence-electron chi connectivity index (χ0n) is 28.9. The Morgan fingerprint density at radius 2 is 1.30 bits per heavy atom. The molecule has 1 aromatic heterocycles. The maximum Gasteiger partial charge on any atom is 0.272 e. The molecular formula is C43H35N3O6S. The quantitative estimate of drug-likeness (QED) is 0.0617. The lowest BCUT2D eigenvalue weighted by Crippen LogP contribution is -2.30. The molecule has 0 aliphatic carbocycles. The number of benzene rings is 5. The molecule has 53 heavy (non-hydrogen) atoms. The number of ether oxygens (including phenoxy) is 1. The number of ketones is 1. The molecule has 1 heterocycles. The minimum absolute atomic E-state index is 0.0321. The molecule has 10 heteroatoms. The highest BCUT2D eigenvalue weighted by atomic mass is 32.2. The summed E-state index contributed by atoms with van der Waals surface area (Å²) in [5.41, 5.74) is 3.51. The molecule has 0 unspecified atom stereocenters. The maximum absolute atomic E-state index is 13.7. The minimum Gasteiger partial charge on any atom is -0.496 e. The first kappa shape index (κ1) is 36.2. The number of hydrogen-bond donors (Lipinski definition) is 3. The van der Waals surface area contributed by atoms with Crippen LogP contribution < -0.4 is 20.7 Å². The zero-order chi connectivity index (χ0) is 37.2. The molecule has 0 spiro atoms. The largest absolute Gasteiger partial charge is 0.496 e. The normalized spacial score (nSPS) is 11.6. The Morgan fingerprint density at radius 3 is 1.98 bits per heavy atom. The van der Waals surface area contributed by atoms with Gasteiger partial charge in [0.2, 0.25) is 5.91 Å². The van der Waals surface area contributed by atoms with Gasteiger partial charge in [-0.25, -0.2) is 0 Å². The van der Waals surface area contributed by atoms with Gasteiger partial charge in [-0.3, -0.25) is 19.2 Å². The summed E-state index contributed by atoms with van der Waals surface area (Å²) < 4.78 is 11.5. The molecule has 0 fully saturated rings. The first-order valence-electron chi connectivity index (χ1n) is 16.6. The zero-order valence-corrected chi connectivity index (χ0v) is 29.7. The van der Waals surface area contributed by atoms with Gasteiger partial charge in [-0.15, -0.1) is 11.8 Å². The Kier molecular flexibility index (Phi) is 11.6. The van der Waals surface area contributed by atoms with Gasteiger partial charge >= 0.3 is 0 Å². The third-order valence-electron chi connectivity index (χ3n) is 8.08. The Bertz CT molecular complexity index is 2250. The van der Waals surface area contributed by atoms with E-state index in [9.17, 15) is 19.2 Å². The summed E-state index contributed by atoms with van der Waals surface area (Å²) >= 11 is 1.35. The van der Waals surface area contributed by atoms with Gasteiger partial charge in [0.1, 0.15) is 28.2 Å². The molecule has 5 aromatic carbocycles. The Morgan fingerprint density at radius 1 is 0.679 bits per heavy atom. The predicted molar refractivity (Wildman–Crippen MR) is 208 cm³/mol. The summed E-state index contributed by atoms with van der Waals surface area (Å²) in [6.45, 7) is 1.49. The molecule has 6 rings (SSSR count). The van der Waals surface area contributed by atoms with Crippen LogP contribution in [0.1, 0.15) is 44.2 Å². The first-order chi connectivity index (χ1) is 25.8. The van der Waals surface area contributed by atoms with Crippen LogP contribution in [0.15, 0.2) is 161 Å². The molecule has 0 aliphatic rings. The van der Waals surface area contributed by atoms with Gasteiger partial charge in [0.25, 0.3) is 11.8 Å². The van der Waals surface area contributed by atoms with E-state index in [0.717, 1.165) is 16.0 Å². The lowest BCUT2D eigenvalue weighted by Gasteiger charge is -2.18. The van der Waals surface area contributed by atoms with E-state index >= 15 is 0 Å². The summed E-state index contributed by atoms with van der Waals surface area (Å²) in [6, 6.07) is 42.7. The Hall–Kier alpha value is -6.65. The summed E-state index contributed by atoms with van der Waals surface area (Å²) in [4.78, 5) is 52.9. The molecule has 264 valence electrons. The third-order valence-corrected chi connectivity index (χ3v) is 9.35. The average molecular weight is 722 g/mol. The maximum atomic E-state index is 13.7. The summed E-state index contributed by atoms with van der Waals surface area (Å²) in [5.74, 6) is 0.189. The molecule has 0 radical (unpaired) electrons. The number of thioether (sulfide) groups is 1. The Balaban J connectivity index is 1.20. The monoisotopic (exact) mass is 721 g/mol. The second-order valence-electron chi connectivity index (χ2n) is 11.8. The van der Waals surface area contributed by atoms with Crippen LogP contribution in [0.2, 0.25) is 0 Å². The number of anilines is 2. The van der Waals surface area contributed by atoms with Crippen molar-refractivity contribution in [2.75, 3.05) is 17.7 Å². The molecule has 1 atom stereocenters. The van der Waals surface area contributed by atoms with Gasteiger partial charge in [0.05, 0.1) is 12.7 Å².